The first-order chi connectivity index (χ1) is 6.16. The minimum atomic E-state index is -0.00481. The average molecular weight is 202 g/mol. The van der Waals surface area contributed by atoms with Crippen LogP contribution in [0, 0.1) is 5.41 Å². The van der Waals surface area contributed by atoms with Crippen LogP contribution in [0.3, 0.4) is 0 Å². The molecule has 13 heavy (non-hydrogen) atoms. The van der Waals surface area contributed by atoms with E-state index in [1.807, 2.05) is 0 Å². The summed E-state index contributed by atoms with van der Waals surface area (Å²) in [5, 5.41) is 7.34. The quantitative estimate of drug-likeness (QED) is 0.358. The van der Waals surface area contributed by atoms with E-state index in [0.29, 0.717) is 5.17 Å². The van der Waals surface area contributed by atoms with Crippen LogP contribution < -0.4 is 11.5 Å². The van der Waals surface area contributed by atoms with Crippen LogP contribution in [0.15, 0.2) is 4.99 Å². The molecule has 0 fully saturated rings. The molecule has 0 radical (unpaired) electrons. The predicted molar refractivity (Wildman–Crippen MR) is 60.1 cm³/mol. The van der Waals surface area contributed by atoms with Gasteiger partial charge in [0.25, 0.3) is 0 Å². The highest BCUT2D eigenvalue weighted by molar-refractivity contribution is 8.26. The van der Waals surface area contributed by atoms with Crippen molar-refractivity contribution in [2.75, 3.05) is 6.54 Å². The number of thioether (sulfide) groups is 1. The Balaban J connectivity index is 3.42. The monoisotopic (exact) mass is 202 g/mol. The second-order valence-electron chi connectivity index (χ2n) is 2.75. The summed E-state index contributed by atoms with van der Waals surface area (Å²) in [6.45, 7) is 2.91. The Labute approximate surface area is 83.7 Å². The van der Waals surface area contributed by atoms with E-state index in [-0.39, 0.29) is 5.17 Å². The van der Waals surface area contributed by atoms with Crippen LogP contribution in [0.4, 0.5) is 0 Å². The van der Waals surface area contributed by atoms with Crippen molar-refractivity contribution < 1.29 is 0 Å². The van der Waals surface area contributed by atoms with Crippen LogP contribution in [0.5, 0.6) is 0 Å². The molecular formula is C8H18N4S. The van der Waals surface area contributed by atoms with Crippen molar-refractivity contribution in [2.24, 2.45) is 16.5 Å². The molecule has 0 unspecified atom stereocenters. The molecule has 0 aromatic carbocycles. The molecule has 0 aliphatic heterocycles. The number of nitrogens with zero attached hydrogens (tertiary/aromatic N) is 1. The molecule has 0 aliphatic rings. The normalized spacial score (nSPS) is 11.6. The Morgan fingerprint density at radius 2 is 2.00 bits per heavy atom. The maximum Gasteiger partial charge on any atom is 0.161 e. The second kappa shape index (κ2) is 7.91. The molecule has 0 spiro atoms. The van der Waals surface area contributed by atoms with Crippen molar-refractivity contribution in [1.82, 2.24) is 0 Å². The number of rotatable bonds is 5. The zero-order chi connectivity index (χ0) is 10.1. The number of aliphatic imine (C=N–C) groups is 1. The van der Waals surface area contributed by atoms with Gasteiger partial charge in [-0.2, -0.15) is 0 Å². The van der Waals surface area contributed by atoms with Gasteiger partial charge in [-0.15, -0.1) is 0 Å². The molecule has 0 amide bonds. The molecule has 0 heterocycles. The lowest BCUT2D eigenvalue weighted by atomic mass is 10.2. The molecule has 0 atom stereocenters. The van der Waals surface area contributed by atoms with E-state index < -0.39 is 0 Å². The lowest BCUT2D eigenvalue weighted by Crippen LogP contribution is -2.15. The maximum atomic E-state index is 6.95. The summed E-state index contributed by atoms with van der Waals surface area (Å²) in [5.74, 6) is 0. The molecule has 0 saturated heterocycles. The lowest BCUT2D eigenvalue weighted by molar-refractivity contribution is 0.675. The van der Waals surface area contributed by atoms with Crippen molar-refractivity contribution in [3.63, 3.8) is 0 Å². The van der Waals surface area contributed by atoms with Gasteiger partial charge in [-0.3, -0.25) is 10.4 Å². The molecule has 76 valence electrons. The SMILES string of the molecule is CCCCCCN=C(N)SC(=N)N. The standard InChI is InChI=1S/C8H18N4S/c1-2-3-4-5-6-12-8(11)13-7(9)10/h2-6H2,1H3,(H3,9,10)(H2,11,12). The maximum absolute atomic E-state index is 6.95. The van der Waals surface area contributed by atoms with Gasteiger partial charge in [0.15, 0.2) is 10.3 Å². The fourth-order valence-electron chi connectivity index (χ4n) is 0.873. The Hall–Kier alpha value is -0.710. The van der Waals surface area contributed by atoms with Gasteiger partial charge in [0.1, 0.15) is 0 Å². The smallest absolute Gasteiger partial charge is 0.161 e. The summed E-state index contributed by atoms with van der Waals surface area (Å²) in [6, 6.07) is 0. The van der Waals surface area contributed by atoms with Crippen LogP contribution in [0.1, 0.15) is 32.6 Å². The van der Waals surface area contributed by atoms with E-state index in [0.717, 1.165) is 24.7 Å². The van der Waals surface area contributed by atoms with E-state index in [1.54, 1.807) is 0 Å². The van der Waals surface area contributed by atoms with Gasteiger partial charge in [-0.05, 0) is 18.2 Å². The molecule has 0 bridgehead atoms. The third kappa shape index (κ3) is 9.20. The average Bonchev–Trinajstić information content (AvgIpc) is 2.02. The minimum Gasteiger partial charge on any atom is -0.378 e. The summed E-state index contributed by atoms with van der Waals surface area (Å²) in [6.07, 6.45) is 4.72. The lowest BCUT2D eigenvalue weighted by Gasteiger charge is -1.98. The number of amidine groups is 2. The molecule has 0 aliphatic carbocycles. The fraction of sp³-hybridized carbons (Fsp3) is 0.750. The first-order valence-corrected chi connectivity index (χ1v) is 5.30. The van der Waals surface area contributed by atoms with Gasteiger partial charge in [0.05, 0.1) is 0 Å². The van der Waals surface area contributed by atoms with E-state index in [2.05, 4.69) is 11.9 Å². The van der Waals surface area contributed by atoms with E-state index in [4.69, 9.17) is 16.9 Å². The van der Waals surface area contributed by atoms with Crippen LogP contribution in [-0.4, -0.2) is 16.9 Å². The number of hydrogen-bond donors (Lipinski definition) is 3. The summed E-state index contributed by atoms with van der Waals surface area (Å²) in [4.78, 5) is 4.07. The summed E-state index contributed by atoms with van der Waals surface area (Å²) in [7, 11) is 0. The summed E-state index contributed by atoms with van der Waals surface area (Å²) >= 11 is 1.01. The van der Waals surface area contributed by atoms with Crippen molar-refractivity contribution in [2.45, 2.75) is 32.6 Å². The van der Waals surface area contributed by atoms with Crippen molar-refractivity contribution in [3.05, 3.63) is 0 Å². The Kier molecular flexibility index (Phi) is 7.48. The topological polar surface area (TPSA) is 88.2 Å². The van der Waals surface area contributed by atoms with Crippen molar-refractivity contribution >= 4 is 22.1 Å². The van der Waals surface area contributed by atoms with Crippen LogP contribution in [0.2, 0.25) is 0 Å². The fourth-order valence-corrected chi connectivity index (χ4v) is 1.25. The number of nitrogens with one attached hydrogen (secondary N) is 1. The molecule has 0 rings (SSSR count). The number of unbranched alkanes of at least 4 members (excludes halogenated alkanes) is 3. The van der Waals surface area contributed by atoms with Crippen LogP contribution in [0.25, 0.3) is 0 Å². The molecular weight excluding hydrogens is 184 g/mol. The number of hydrogen-bond acceptors (Lipinski definition) is 3. The molecule has 0 aromatic heterocycles. The first-order valence-electron chi connectivity index (χ1n) is 4.48. The van der Waals surface area contributed by atoms with Gasteiger partial charge in [-0.1, -0.05) is 26.2 Å². The first kappa shape index (κ1) is 12.3. The predicted octanol–water partition coefficient (Wildman–Crippen LogP) is 1.51. The van der Waals surface area contributed by atoms with E-state index in [1.165, 1.54) is 19.3 Å². The summed E-state index contributed by atoms with van der Waals surface area (Å²) in [5.41, 5.74) is 10.6. The Morgan fingerprint density at radius 1 is 1.31 bits per heavy atom. The van der Waals surface area contributed by atoms with E-state index in [9.17, 15) is 0 Å². The zero-order valence-electron chi connectivity index (χ0n) is 8.05. The zero-order valence-corrected chi connectivity index (χ0v) is 8.86. The van der Waals surface area contributed by atoms with Crippen LogP contribution >= 0.6 is 11.8 Å². The minimum absolute atomic E-state index is 0.00481. The highest BCUT2D eigenvalue weighted by Gasteiger charge is 1.95. The van der Waals surface area contributed by atoms with Gasteiger partial charge in [-0.25, -0.2) is 0 Å². The largest absolute Gasteiger partial charge is 0.378 e. The molecule has 5 heteroatoms. The second-order valence-corrected chi connectivity index (χ2v) is 3.81. The third-order valence-corrected chi connectivity index (χ3v) is 2.05. The van der Waals surface area contributed by atoms with E-state index >= 15 is 0 Å². The summed E-state index contributed by atoms with van der Waals surface area (Å²) < 4.78 is 0. The highest BCUT2D eigenvalue weighted by Crippen LogP contribution is 2.01. The van der Waals surface area contributed by atoms with Crippen LogP contribution in [-0.2, 0) is 0 Å². The van der Waals surface area contributed by atoms with Crippen molar-refractivity contribution in [3.8, 4) is 0 Å². The molecule has 0 aromatic rings. The molecule has 5 N–H and O–H groups in total. The number of nitrogens with two attached hydrogens (primary N) is 2. The molecule has 0 saturated carbocycles. The Bertz CT molecular complexity index is 179. The Morgan fingerprint density at radius 3 is 2.54 bits per heavy atom. The highest BCUT2D eigenvalue weighted by atomic mass is 32.2. The van der Waals surface area contributed by atoms with Gasteiger partial charge in [0, 0.05) is 6.54 Å². The van der Waals surface area contributed by atoms with Gasteiger partial charge < -0.3 is 11.5 Å². The van der Waals surface area contributed by atoms with Gasteiger partial charge in [0.2, 0.25) is 0 Å². The van der Waals surface area contributed by atoms with Gasteiger partial charge >= 0.3 is 0 Å². The van der Waals surface area contributed by atoms with Crippen molar-refractivity contribution in [1.29, 1.82) is 5.41 Å². The molecule has 4 nitrogen and oxygen atoms in total. The third-order valence-electron chi connectivity index (χ3n) is 1.49.